The lowest BCUT2D eigenvalue weighted by atomic mass is 10.2. The summed E-state index contributed by atoms with van der Waals surface area (Å²) < 4.78 is 8.35. The molecular weight excluding hydrogens is 470 g/mol. The molecule has 100 valence electrons. The Kier molecular flexibility index (Phi) is 5.27. The minimum absolute atomic E-state index is 0.169. The highest BCUT2D eigenvalue weighted by atomic mass is 127. The molecule has 5 heteroatoms. The van der Waals surface area contributed by atoms with Crippen LogP contribution in [0.4, 0.5) is 0 Å². The second-order valence-electron chi connectivity index (χ2n) is 5.79. The molecule has 0 aliphatic carbocycles. The van der Waals surface area contributed by atoms with Crippen molar-refractivity contribution in [2.24, 2.45) is 0 Å². The van der Waals surface area contributed by atoms with Crippen LogP contribution in [0.25, 0.3) is 0 Å². The molecule has 0 N–H and O–H groups in total. The highest BCUT2D eigenvalue weighted by molar-refractivity contribution is 14.1. The van der Waals surface area contributed by atoms with Crippen molar-refractivity contribution in [1.29, 1.82) is 0 Å². The molecule has 0 spiro atoms. The average molecular weight is 488 g/mol. The fourth-order valence-electron chi connectivity index (χ4n) is 1.15. The summed E-state index contributed by atoms with van der Waals surface area (Å²) >= 11 is 4.47. The molecule has 0 saturated heterocycles. The van der Waals surface area contributed by atoms with Crippen LogP contribution in [-0.2, 0) is 0 Å². The molecule has 18 heavy (non-hydrogen) atoms. The number of hydrogen-bond acceptors (Lipinski definition) is 2. The molecule has 0 saturated carbocycles. The van der Waals surface area contributed by atoms with Gasteiger partial charge in [-0.3, -0.25) is 4.79 Å². The molecule has 0 atom stereocenters. The zero-order valence-electron chi connectivity index (χ0n) is 11.3. The van der Waals surface area contributed by atoms with Gasteiger partial charge in [0.05, 0.1) is 7.14 Å². The maximum Gasteiger partial charge on any atom is 0.250 e. The summed E-state index contributed by atoms with van der Waals surface area (Å²) in [6, 6.07) is 3.75. The molecule has 1 aromatic carbocycles. The Morgan fingerprint density at radius 3 is 1.94 bits per heavy atom. The Morgan fingerprint density at radius 1 is 1.17 bits per heavy atom. The van der Waals surface area contributed by atoms with Gasteiger partial charge in [-0.25, -0.2) is 0 Å². The van der Waals surface area contributed by atoms with E-state index in [9.17, 15) is 4.79 Å². The van der Waals surface area contributed by atoms with E-state index >= 15 is 0 Å². The largest absolute Gasteiger partial charge is 0.542 e. The van der Waals surface area contributed by atoms with E-state index < -0.39 is 8.32 Å². The van der Waals surface area contributed by atoms with Crippen LogP contribution in [0.15, 0.2) is 12.1 Å². The Balaban J connectivity index is 3.17. The number of carbonyl (C=O) groups is 1. The van der Waals surface area contributed by atoms with E-state index in [1.54, 1.807) is 0 Å². The third-order valence-corrected chi connectivity index (χ3v) is 9.25. The number of aldehydes is 1. The quantitative estimate of drug-likeness (QED) is 0.337. The average Bonchev–Trinajstić information content (AvgIpc) is 2.21. The standard InChI is InChI=1S/C13H18I2O2Si/c1-13(2,3)18(4,5)17-12-10(14)6-9(8-16)7-11(12)15/h6-8H,1-5H3. The second-order valence-corrected chi connectivity index (χ2v) is 12.8. The maximum atomic E-state index is 10.8. The van der Waals surface area contributed by atoms with Gasteiger partial charge in [0.2, 0.25) is 0 Å². The highest BCUT2D eigenvalue weighted by Gasteiger charge is 2.39. The van der Waals surface area contributed by atoms with E-state index in [1.165, 1.54) is 0 Å². The van der Waals surface area contributed by atoms with Crippen molar-refractivity contribution in [3.05, 3.63) is 24.8 Å². The molecule has 1 rings (SSSR count). The van der Waals surface area contributed by atoms with Gasteiger partial charge in [-0.15, -0.1) is 0 Å². The normalized spacial score (nSPS) is 12.4. The van der Waals surface area contributed by atoms with Crippen LogP contribution in [-0.4, -0.2) is 14.6 Å². The zero-order chi connectivity index (χ0) is 14.1. The van der Waals surface area contributed by atoms with Gasteiger partial charge in [0.25, 0.3) is 8.32 Å². The van der Waals surface area contributed by atoms with Gasteiger partial charge >= 0.3 is 0 Å². The molecule has 2 nitrogen and oxygen atoms in total. The van der Waals surface area contributed by atoms with Crippen LogP contribution in [0.2, 0.25) is 18.1 Å². The first-order chi connectivity index (χ1) is 8.08. The number of carbonyl (C=O) groups excluding carboxylic acids is 1. The molecule has 1 aromatic rings. The number of hydrogen-bond donors (Lipinski definition) is 0. The third-order valence-electron chi connectivity index (χ3n) is 3.32. The van der Waals surface area contributed by atoms with Crippen molar-refractivity contribution in [2.45, 2.75) is 38.9 Å². The summed E-state index contributed by atoms with van der Waals surface area (Å²) in [5.74, 6) is 0.924. The Hall–Kier alpha value is 0.367. The van der Waals surface area contributed by atoms with E-state index in [2.05, 4.69) is 79.0 Å². The first kappa shape index (κ1) is 16.4. The summed E-state index contributed by atoms with van der Waals surface area (Å²) in [6.45, 7) is 11.1. The molecule has 0 radical (unpaired) electrons. The molecule has 0 amide bonds. The molecule has 0 unspecified atom stereocenters. The molecule has 0 fully saturated rings. The predicted molar refractivity (Wildman–Crippen MR) is 95.1 cm³/mol. The number of rotatable bonds is 3. The van der Waals surface area contributed by atoms with Crippen LogP contribution in [0.1, 0.15) is 31.1 Å². The van der Waals surface area contributed by atoms with Gasteiger partial charge in [-0.2, -0.15) is 0 Å². The first-order valence-electron chi connectivity index (χ1n) is 5.72. The van der Waals surface area contributed by atoms with Gasteiger partial charge in [-0.05, 0) is 75.4 Å². The van der Waals surface area contributed by atoms with Gasteiger partial charge in [0, 0.05) is 5.56 Å². The number of halogens is 2. The minimum atomic E-state index is -1.83. The van der Waals surface area contributed by atoms with Crippen molar-refractivity contribution in [2.75, 3.05) is 0 Å². The van der Waals surface area contributed by atoms with Gasteiger partial charge in [-0.1, -0.05) is 20.8 Å². The van der Waals surface area contributed by atoms with E-state index in [0.29, 0.717) is 5.56 Å². The smallest absolute Gasteiger partial charge is 0.250 e. The lowest BCUT2D eigenvalue weighted by Crippen LogP contribution is -2.44. The van der Waals surface area contributed by atoms with Crippen molar-refractivity contribution in [3.8, 4) is 5.75 Å². The van der Waals surface area contributed by atoms with E-state index in [-0.39, 0.29) is 5.04 Å². The summed E-state index contributed by atoms with van der Waals surface area (Å²) in [4.78, 5) is 10.8. The molecule has 0 aliphatic heterocycles. The van der Waals surface area contributed by atoms with Gasteiger partial charge < -0.3 is 4.43 Å². The monoisotopic (exact) mass is 488 g/mol. The Labute approximate surface area is 137 Å². The fourth-order valence-corrected chi connectivity index (χ4v) is 4.64. The van der Waals surface area contributed by atoms with E-state index in [1.807, 2.05) is 12.1 Å². The van der Waals surface area contributed by atoms with Crippen LogP contribution in [0.3, 0.4) is 0 Å². The van der Waals surface area contributed by atoms with Crippen molar-refractivity contribution < 1.29 is 9.22 Å². The van der Waals surface area contributed by atoms with Crippen LogP contribution >= 0.6 is 45.2 Å². The SMILES string of the molecule is CC(C)(C)[Si](C)(C)Oc1c(I)cc(C=O)cc1I. The summed E-state index contributed by atoms with van der Waals surface area (Å²) in [6.07, 6.45) is 0.875. The van der Waals surface area contributed by atoms with Crippen molar-refractivity contribution in [3.63, 3.8) is 0 Å². The molecule has 0 bridgehead atoms. The Morgan fingerprint density at radius 2 is 1.61 bits per heavy atom. The Bertz CT molecular complexity index is 442. The van der Waals surface area contributed by atoms with Crippen LogP contribution in [0, 0.1) is 7.14 Å². The number of benzene rings is 1. The lowest BCUT2D eigenvalue weighted by Gasteiger charge is -2.37. The molecule has 0 aliphatic rings. The lowest BCUT2D eigenvalue weighted by molar-refractivity contribution is 0.112. The molecule has 0 aromatic heterocycles. The minimum Gasteiger partial charge on any atom is -0.542 e. The predicted octanol–water partition coefficient (Wildman–Crippen LogP) is 5.09. The van der Waals surface area contributed by atoms with Crippen molar-refractivity contribution in [1.82, 2.24) is 0 Å². The fraction of sp³-hybridized carbons (Fsp3) is 0.462. The summed E-state index contributed by atoms with van der Waals surface area (Å²) in [5.41, 5.74) is 0.700. The van der Waals surface area contributed by atoms with Gasteiger partial charge in [0.15, 0.2) is 0 Å². The summed E-state index contributed by atoms with van der Waals surface area (Å²) in [7, 11) is -1.83. The topological polar surface area (TPSA) is 26.3 Å². The van der Waals surface area contributed by atoms with E-state index in [4.69, 9.17) is 4.43 Å². The molecular formula is C13H18I2O2Si. The highest BCUT2D eigenvalue weighted by Crippen LogP contribution is 2.40. The third kappa shape index (κ3) is 3.69. The van der Waals surface area contributed by atoms with Crippen molar-refractivity contribution >= 4 is 59.8 Å². The maximum absolute atomic E-state index is 10.8. The van der Waals surface area contributed by atoms with Gasteiger partial charge in [0.1, 0.15) is 12.0 Å². The zero-order valence-corrected chi connectivity index (χ0v) is 16.6. The second kappa shape index (κ2) is 5.78. The first-order valence-corrected chi connectivity index (χ1v) is 10.8. The van der Waals surface area contributed by atoms with Crippen LogP contribution < -0.4 is 4.43 Å². The van der Waals surface area contributed by atoms with E-state index in [0.717, 1.165) is 19.2 Å². The molecule has 0 heterocycles. The van der Waals surface area contributed by atoms with Crippen LogP contribution in [0.5, 0.6) is 5.75 Å². The summed E-state index contributed by atoms with van der Waals surface area (Å²) in [5, 5.41) is 0.169.